The molecule has 24 heavy (non-hydrogen) atoms. The molecular formula is C19H31ClN2OS. The highest BCUT2D eigenvalue weighted by Gasteiger charge is 2.34. The van der Waals surface area contributed by atoms with Gasteiger partial charge in [0.25, 0.3) is 0 Å². The normalized spacial score (nSPS) is 26.9. The predicted octanol–water partition coefficient (Wildman–Crippen LogP) is 4.68. The van der Waals surface area contributed by atoms with Gasteiger partial charge in [-0.25, -0.2) is 0 Å². The van der Waals surface area contributed by atoms with E-state index in [2.05, 4.69) is 42.0 Å². The summed E-state index contributed by atoms with van der Waals surface area (Å²) in [5, 5.41) is 9.15. The van der Waals surface area contributed by atoms with Crippen LogP contribution in [0.25, 0.3) is 0 Å². The van der Waals surface area contributed by atoms with E-state index in [1.807, 2.05) is 0 Å². The third-order valence-corrected chi connectivity index (χ3v) is 6.69. The zero-order chi connectivity index (χ0) is 16.2. The lowest BCUT2D eigenvalue weighted by molar-refractivity contribution is -0.123. The van der Waals surface area contributed by atoms with Crippen molar-refractivity contribution in [1.29, 1.82) is 0 Å². The van der Waals surface area contributed by atoms with Crippen LogP contribution in [-0.4, -0.2) is 18.0 Å². The van der Waals surface area contributed by atoms with Crippen molar-refractivity contribution in [1.82, 2.24) is 10.6 Å². The second-order valence-electron chi connectivity index (χ2n) is 7.32. The van der Waals surface area contributed by atoms with Crippen LogP contribution in [0, 0.1) is 11.8 Å². The van der Waals surface area contributed by atoms with Gasteiger partial charge < -0.3 is 10.6 Å². The topological polar surface area (TPSA) is 41.1 Å². The van der Waals surface area contributed by atoms with Gasteiger partial charge in [-0.1, -0.05) is 32.8 Å². The minimum absolute atomic E-state index is 0. The molecule has 0 spiro atoms. The molecule has 3 rings (SSSR count). The molecule has 3 unspecified atom stereocenters. The van der Waals surface area contributed by atoms with Gasteiger partial charge in [-0.2, -0.15) is 0 Å². The highest BCUT2D eigenvalue weighted by Crippen LogP contribution is 2.34. The zero-order valence-corrected chi connectivity index (χ0v) is 16.4. The van der Waals surface area contributed by atoms with Crippen molar-refractivity contribution < 1.29 is 4.79 Å². The maximum atomic E-state index is 12.7. The maximum absolute atomic E-state index is 12.7. The van der Waals surface area contributed by atoms with Crippen LogP contribution in [0.2, 0.25) is 0 Å². The second kappa shape index (κ2) is 9.21. The predicted molar refractivity (Wildman–Crippen MR) is 104 cm³/mol. The number of rotatable bonds is 7. The lowest BCUT2D eigenvalue weighted by Crippen LogP contribution is -2.40. The van der Waals surface area contributed by atoms with E-state index in [9.17, 15) is 4.79 Å². The first-order valence-electron chi connectivity index (χ1n) is 9.28. The van der Waals surface area contributed by atoms with E-state index < -0.39 is 0 Å². The Kier molecular flexibility index (Phi) is 7.58. The molecule has 3 heterocycles. The van der Waals surface area contributed by atoms with Gasteiger partial charge >= 0.3 is 0 Å². The summed E-state index contributed by atoms with van der Waals surface area (Å²) in [6.45, 7) is 4.46. The van der Waals surface area contributed by atoms with Crippen molar-refractivity contribution in [3.63, 3.8) is 0 Å². The molecule has 2 aliphatic heterocycles. The van der Waals surface area contributed by atoms with Crippen LogP contribution in [0.4, 0.5) is 0 Å². The van der Waals surface area contributed by atoms with Crippen LogP contribution < -0.4 is 10.6 Å². The molecule has 2 aliphatic rings. The molecule has 5 heteroatoms. The van der Waals surface area contributed by atoms with Crippen LogP contribution >= 0.6 is 23.7 Å². The second-order valence-corrected chi connectivity index (χ2v) is 8.30. The van der Waals surface area contributed by atoms with Gasteiger partial charge in [-0.05, 0) is 49.0 Å². The average molecular weight is 371 g/mol. The molecule has 1 amide bonds. The van der Waals surface area contributed by atoms with Crippen LogP contribution in [0.15, 0.2) is 17.5 Å². The van der Waals surface area contributed by atoms with Crippen molar-refractivity contribution in [2.75, 3.05) is 0 Å². The minimum Gasteiger partial charge on any atom is -0.348 e. The summed E-state index contributed by atoms with van der Waals surface area (Å²) in [5.74, 6) is 1.35. The van der Waals surface area contributed by atoms with Crippen molar-refractivity contribution in [2.24, 2.45) is 11.8 Å². The Morgan fingerprint density at radius 2 is 1.96 bits per heavy atom. The number of nitrogens with one attached hydrogen (secondary N) is 2. The Morgan fingerprint density at radius 3 is 2.50 bits per heavy atom. The average Bonchev–Trinajstić information content (AvgIpc) is 3.17. The van der Waals surface area contributed by atoms with Crippen LogP contribution in [0.1, 0.15) is 69.7 Å². The third kappa shape index (κ3) is 4.74. The summed E-state index contributed by atoms with van der Waals surface area (Å²) in [6, 6.07) is 5.78. The van der Waals surface area contributed by atoms with Crippen molar-refractivity contribution in [2.45, 2.75) is 76.9 Å². The summed E-state index contributed by atoms with van der Waals surface area (Å²) < 4.78 is 0. The summed E-state index contributed by atoms with van der Waals surface area (Å²) in [5.41, 5.74) is 0. The molecule has 2 saturated heterocycles. The van der Waals surface area contributed by atoms with E-state index >= 15 is 0 Å². The van der Waals surface area contributed by atoms with Crippen LogP contribution in [0.3, 0.4) is 0 Å². The molecule has 0 radical (unpaired) electrons. The molecule has 3 nitrogen and oxygen atoms in total. The van der Waals surface area contributed by atoms with Gasteiger partial charge in [0.05, 0.1) is 6.04 Å². The van der Waals surface area contributed by atoms with Gasteiger partial charge in [0.1, 0.15) is 0 Å². The Labute approximate surface area is 156 Å². The van der Waals surface area contributed by atoms with Crippen LogP contribution in [-0.2, 0) is 4.79 Å². The monoisotopic (exact) mass is 370 g/mol. The molecule has 1 aromatic heterocycles. The van der Waals surface area contributed by atoms with E-state index in [-0.39, 0.29) is 24.4 Å². The quantitative estimate of drug-likeness (QED) is 0.731. The largest absolute Gasteiger partial charge is 0.348 e. The lowest BCUT2D eigenvalue weighted by atomic mass is 9.88. The van der Waals surface area contributed by atoms with E-state index in [4.69, 9.17) is 0 Å². The Hall–Kier alpha value is -0.580. The molecule has 2 fully saturated rings. The fourth-order valence-electron chi connectivity index (χ4n) is 4.49. The first kappa shape index (κ1) is 19.7. The molecular weight excluding hydrogens is 340 g/mol. The molecule has 2 bridgehead atoms. The highest BCUT2D eigenvalue weighted by atomic mass is 35.5. The van der Waals surface area contributed by atoms with Crippen molar-refractivity contribution in [3.05, 3.63) is 22.4 Å². The Bertz CT molecular complexity index is 491. The number of fused-ring (bicyclic) bond motifs is 2. The number of hydrogen-bond acceptors (Lipinski definition) is 3. The smallest absolute Gasteiger partial charge is 0.220 e. The Morgan fingerprint density at radius 1 is 1.29 bits per heavy atom. The fraction of sp³-hybridized carbons (Fsp3) is 0.737. The highest BCUT2D eigenvalue weighted by molar-refractivity contribution is 7.10. The fourth-order valence-corrected chi connectivity index (χ4v) is 5.36. The number of thiophene rings is 1. The molecule has 1 aromatic rings. The first-order chi connectivity index (χ1) is 11.2. The molecule has 136 valence electrons. The first-order valence-corrected chi connectivity index (χ1v) is 10.2. The van der Waals surface area contributed by atoms with E-state index in [1.54, 1.807) is 11.3 Å². The SMILES string of the molecule is CCC(CC)C(NC(=O)CC1CC2CCC(C1)N2)c1cccs1.Cl. The van der Waals surface area contributed by atoms with Gasteiger partial charge in [0.15, 0.2) is 0 Å². The summed E-state index contributed by atoms with van der Waals surface area (Å²) in [7, 11) is 0. The number of carbonyl (C=O) groups is 1. The molecule has 0 aliphatic carbocycles. The van der Waals surface area contributed by atoms with E-state index in [0.29, 0.717) is 30.3 Å². The third-order valence-electron chi connectivity index (χ3n) is 5.73. The van der Waals surface area contributed by atoms with Crippen molar-refractivity contribution >= 4 is 29.7 Å². The standard InChI is InChI=1S/C19H30N2OS.ClH/c1-3-14(4-2)19(17-6-5-9-23-17)21-18(22)12-13-10-15-7-8-16(11-13)20-15;/h5-6,9,13-16,19-20H,3-4,7-8,10-12H2,1-2H3,(H,21,22);1H. The number of halogens is 1. The van der Waals surface area contributed by atoms with Crippen molar-refractivity contribution in [3.8, 4) is 0 Å². The van der Waals surface area contributed by atoms with Gasteiger partial charge in [-0.15, -0.1) is 23.7 Å². The van der Waals surface area contributed by atoms with Crippen LogP contribution in [0.5, 0.6) is 0 Å². The van der Waals surface area contributed by atoms with E-state index in [0.717, 1.165) is 12.8 Å². The lowest BCUT2D eigenvalue weighted by Gasteiger charge is -2.30. The number of hydrogen-bond donors (Lipinski definition) is 2. The molecule has 3 atom stereocenters. The maximum Gasteiger partial charge on any atom is 0.220 e. The summed E-state index contributed by atoms with van der Waals surface area (Å²) in [6.07, 6.45) is 7.88. The number of piperidine rings is 1. The zero-order valence-electron chi connectivity index (χ0n) is 14.8. The summed E-state index contributed by atoms with van der Waals surface area (Å²) >= 11 is 1.76. The molecule has 0 saturated carbocycles. The number of carbonyl (C=O) groups excluding carboxylic acids is 1. The van der Waals surface area contributed by atoms with Gasteiger partial charge in [0.2, 0.25) is 5.91 Å². The Balaban J connectivity index is 0.00000208. The number of amides is 1. The molecule has 0 aromatic carbocycles. The molecule has 2 N–H and O–H groups in total. The summed E-state index contributed by atoms with van der Waals surface area (Å²) in [4.78, 5) is 14.0. The minimum atomic E-state index is 0. The van der Waals surface area contributed by atoms with Gasteiger partial charge in [0, 0.05) is 23.4 Å². The van der Waals surface area contributed by atoms with E-state index in [1.165, 1.54) is 30.6 Å². The van der Waals surface area contributed by atoms with Gasteiger partial charge in [-0.3, -0.25) is 4.79 Å².